The molecule has 0 bridgehead atoms. The van der Waals surface area contributed by atoms with Crippen LogP contribution in [0.3, 0.4) is 0 Å². The van der Waals surface area contributed by atoms with E-state index in [1.807, 2.05) is 0 Å². The van der Waals surface area contributed by atoms with Gasteiger partial charge in [-0.1, -0.05) is 49.2 Å². The van der Waals surface area contributed by atoms with Crippen molar-refractivity contribution in [3.63, 3.8) is 0 Å². The zero-order valence-corrected chi connectivity index (χ0v) is 41.4. The Labute approximate surface area is 425 Å². The van der Waals surface area contributed by atoms with Gasteiger partial charge in [0.25, 0.3) is 22.5 Å². The van der Waals surface area contributed by atoms with Crippen LogP contribution >= 0.6 is 23.2 Å². The topological polar surface area (TPSA) is 387 Å². The molecule has 32 heteroatoms. The molecule has 0 saturated heterocycles. The van der Waals surface area contributed by atoms with Crippen LogP contribution in [0.2, 0.25) is 10.0 Å². The Kier molecular flexibility index (Phi) is 20.1. The number of aliphatic hydroxyl groups excluding tert-OH is 2. The van der Waals surface area contributed by atoms with Crippen molar-refractivity contribution in [2.45, 2.75) is 23.6 Å². The molecule has 0 aliphatic heterocycles. The van der Waals surface area contributed by atoms with Gasteiger partial charge < -0.3 is 40.0 Å². The first kappa shape index (κ1) is 56.7. The van der Waals surface area contributed by atoms with Crippen LogP contribution in [0.4, 0.5) is 34.1 Å². The largest absolute Gasteiger partial charge is 3.00 e. The van der Waals surface area contributed by atoms with Gasteiger partial charge in [0.1, 0.15) is 11.4 Å². The molecule has 4 aromatic carbocycles. The van der Waals surface area contributed by atoms with Gasteiger partial charge in [0.05, 0.1) is 44.2 Å². The zero-order chi connectivity index (χ0) is 48.7. The number of nitrogens with one attached hydrogen (secondary N) is 2. The van der Waals surface area contributed by atoms with Crippen LogP contribution in [0, 0.1) is 34.1 Å². The molecule has 68 heavy (non-hydrogen) atoms. The Morgan fingerprint density at radius 2 is 1.00 bits per heavy atom. The van der Waals surface area contributed by atoms with Crippen molar-refractivity contribution in [3.8, 4) is 22.9 Å². The average Bonchev–Trinajstić information content (AvgIpc) is 3.73. The van der Waals surface area contributed by atoms with E-state index in [0.29, 0.717) is 0 Å². The van der Waals surface area contributed by atoms with Gasteiger partial charge >= 0.3 is 46.9 Å². The maximum absolute atomic E-state index is 12.8. The Bertz CT molecular complexity index is 3060. The van der Waals surface area contributed by atoms with E-state index in [0.717, 1.165) is 33.6 Å². The number of hydrogen-bond acceptors (Lipinski definition) is 18. The van der Waals surface area contributed by atoms with Gasteiger partial charge in [-0.15, -0.1) is 21.6 Å². The number of sulfonamides is 2. The molecule has 0 saturated carbocycles. The third kappa shape index (κ3) is 13.3. The molecule has 351 valence electrons. The second-order valence-electron chi connectivity index (χ2n) is 13.0. The van der Waals surface area contributed by atoms with Gasteiger partial charge in [0.2, 0.25) is 20.0 Å². The number of rotatable bonds is 16. The van der Waals surface area contributed by atoms with Crippen molar-refractivity contribution < 1.29 is 94.0 Å². The molecular formula is C36H30Cl2CrN12NaO14S2. The Hall–Kier alpha value is -5.65. The summed E-state index contributed by atoms with van der Waals surface area (Å²) in [5.74, 6) is -2.06. The fourth-order valence-corrected chi connectivity index (χ4v) is 7.96. The minimum atomic E-state index is -3.93. The fraction of sp³-hybridized carbons (Fsp3) is 0.167. The second-order valence-corrected chi connectivity index (χ2v) is 17.4. The molecule has 0 unspecified atom stereocenters. The molecule has 0 aliphatic carbocycles. The van der Waals surface area contributed by atoms with Crippen molar-refractivity contribution in [1.82, 2.24) is 29.0 Å². The molecule has 0 aliphatic rings. The van der Waals surface area contributed by atoms with E-state index in [1.54, 1.807) is 0 Å². The number of nitro benzene ring substituents is 2. The molecule has 2 aromatic heterocycles. The van der Waals surface area contributed by atoms with Gasteiger partial charge in [0, 0.05) is 58.1 Å². The van der Waals surface area contributed by atoms with E-state index in [4.69, 9.17) is 33.4 Å². The summed E-state index contributed by atoms with van der Waals surface area (Å²) in [6.07, 6.45) is 0. The van der Waals surface area contributed by atoms with E-state index in [-0.39, 0.29) is 114 Å². The molecule has 0 atom stereocenters. The maximum Gasteiger partial charge on any atom is 3.00 e. The van der Waals surface area contributed by atoms with Crippen LogP contribution in [-0.4, -0.2) is 72.6 Å². The summed E-state index contributed by atoms with van der Waals surface area (Å²) in [7, 11) is -7.87. The van der Waals surface area contributed by atoms with E-state index >= 15 is 0 Å². The number of halogens is 2. The first-order chi connectivity index (χ1) is 31.1. The monoisotopic (exact) mass is 1060 g/mol. The normalized spacial score (nSPS) is 11.5. The number of aliphatic hydroxyl groups is 2. The van der Waals surface area contributed by atoms with Crippen molar-refractivity contribution in [2.24, 2.45) is 20.5 Å². The summed E-state index contributed by atoms with van der Waals surface area (Å²) in [5.41, 5.74) is -4.08. The smallest absolute Gasteiger partial charge is 0.866 e. The van der Waals surface area contributed by atoms with E-state index < -0.39 is 88.5 Å². The molecular weight excluding hydrogens is 1030 g/mol. The summed E-state index contributed by atoms with van der Waals surface area (Å²) in [5, 5.41) is 86.5. The number of nitro groups is 2. The van der Waals surface area contributed by atoms with Crippen molar-refractivity contribution in [2.75, 3.05) is 26.3 Å². The molecule has 2 heterocycles. The first-order valence-electron chi connectivity index (χ1n) is 18.2. The molecule has 26 nitrogen and oxygen atoms in total. The van der Waals surface area contributed by atoms with Gasteiger partial charge in [0.15, 0.2) is 0 Å². The van der Waals surface area contributed by atoms with Crippen molar-refractivity contribution >= 4 is 77.4 Å². The zero-order valence-electron chi connectivity index (χ0n) is 35.0. The minimum absolute atomic E-state index is 0. The average molecular weight is 1060 g/mol. The van der Waals surface area contributed by atoms with Crippen molar-refractivity contribution in [3.05, 3.63) is 135 Å². The summed E-state index contributed by atoms with van der Waals surface area (Å²) >= 11 is 11.6. The van der Waals surface area contributed by atoms with Crippen LogP contribution in [0.5, 0.6) is 11.5 Å². The number of benzene rings is 4. The number of aryl methyl sites for hydroxylation is 2. The third-order valence-electron chi connectivity index (χ3n) is 8.47. The molecule has 4 N–H and O–H groups in total. The molecule has 6 rings (SSSR count). The van der Waals surface area contributed by atoms with E-state index in [9.17, 15) is 56.9 Å². The number of aromatic nitrogens is 4. The molecule has 1 radical (unpaired) electrons. The summed E-state index contributed by atoms with van der Waals surface area (Å²) in [6.45, 7) is 1.72. The minimum Gasteiger partial charge on any atom is -0.866 e. The van der Waals surface area contributed by atoms with Gasteiger partial charge in [-0.2, -0.15) is 10.2 Å². The summed E-state index contributed by atoms with van der Waals surface area (Å²) in [4.78, 5) is 45.4. The number of hydrogen-bond donors (Lipinski definition) is 4. The summed E-state index contributed by atoms with van der Waals surface area (Å²) in [6, 6.07) is 14.6. The number of azo groups is 2. The molecule has 6 aromatic rings. The third-order valence-corrected chi connectivity index (χ3v) is 11.8. The second kappa shape index (κ2) is 24.1. The van der Waals surface area contributed by atoms with Gasteiger partial charge in [-0.25, -0.2) is 26.3 Å². The fourth-order valence-electron chi connectivity index (χ4n) is 5.43. The maximum atomic E-state index is 12.8. The predicted molar refractivity (Wildman–Crippen MR) is 228 cm³/mol. The molecule has 0 fully saturated rings. The summed E-state index contributed by atoms with van der Waals surface area (Å²) < 4.78 is 55.3. The van der Waals surface area contributed by atoms with Crippen LogP contribution < -0.4 is 70.5 Å². The van der Waals surface area contributed by atoms with Gasteiger partial charge in [-0.3, -0.25) is 29.8 Å². The molecule has 0 amide bonds. The SMILES string of the molecule is Cc1[n-]n(-c2cccc(S(=O)(=O)NCCO)c2)c(=O)c1N=Nc1cc(Cl)cc([N+](=O)[O-])c1[O-].Cc1[n-]n(-c2cccc(S(=O)(=O)NCCO)c2)c(=O)c1N=Nc1cc(Cl)cc([N+](=O)[O-])c1[O-].[Cr+3].[Na+]. The molecule has 0 spiro atoms. The van der Waals surface area contributed by atoms with E-state index in [2.05, 4.69) is 40.1 Å². The number of nitrogens with zero attached hydrogens (tertiary/aromatic N) is 10. The van der Waals surface area contributed by atoms with Crippen LogP contribution in [0.15, 0.2) is 113 Å². The van der Waals surface area contributed by atoms with Gasteiger partial charge in [-0.05, 0) is 48.5 Å². The first-order valence-corrected chi connectivity index (χ1v) is 21.9. The Morgan fingerprint density at radius 1 is 0.647 bits per heavy atom. The standard InChI is InChI=1S/2C18H17ClN6O7S.Cr.Na/c2*1-10-16(22-21-14-7-11(19)8-15(17(14)27)25(29)30)18(28)24(23-10)12-3-2-4-13(9-12)33(31,32)20-5-6-26;;/h2*2-4,7-9,20,26H,5-6H2,1H3,(H2,21,22,23,27,28);;/q;;+3;+1/p-4. The Balaban J connectivity index is 0.000000350. The van der Waals surface area contributed by atoms with Crippen LogP contribution in [-0.2, 0) is 37.4 Å². The van der Waals surface area contributed by atoms with E-state index in [1.165, 1.54) is 62.4 Å². The van der Waals surface area contributed by atoms with Crippen LogP contribution in [0.1, 0.15) is 11.4 Å². The van der Waals surface area contributed by atoms with Crippen molar-refractivity contribution in [1.29, 1.82) is 0 Å². The predicted octanol–water partition coefficient (Wildman–Crippen LogP) is -0.150. The quantitative estimate of drug-likeness (QED) is 0.0424. The Morgan fingerprint density at radius 3 is 1.32 bits per heavy atom. The van der Waals surface area contributed by atoms with Crippen LogP contribution in [0.25, 0.3) is 11.4 Å².